The number of nitrogens with one attached hydrogen (secondary N) is 1. The van der Waals surface area contributed by atoms with Gasteiger partial charge in [0.2, 0.25) is 0 Å². The Balaban J connectivity index is 1.87. The molecule has 0 unspecified atom stereocenters. The fraction of sp³-hybridized carbons (Fsp3) is 0.364. The molecule has 2 rings (SSSR count). The third kappa shape index (κ3) is 6.44. The molecule has 0 spiro atoms. The maximum absolute atomic E-state index is 12.1. The molecule has 0 aliphatic heterocycles. The van der Waals surface area contributed by atoms with Crippen molar-refractivity contribution in [1.82, 2.24) is 0 Å². The second kappa shape index (κ2) is 9.76. The summed E-state index contributed by atoms with van der Waals surface area (Å²) in [5.74, 6) is 0.490. The third-order valence-corrected chi connectivity index (χ3v) is 3.86. The van der Waals surface area contributed by atoms with Crippen LogP contribution in [0.25, 0.3) is 0 Å². The monoisotopic (exact) mass is 369 g/mol. The summed E-state index contributed by atoms with van der Waals surface area (Å²) < 4.78 is 10.7. The molecule has 2 aromatic rings. The van der Waals surface area contributed by atoms with Crippen LogP contribution in [0.4, 0.5) is 5.69 Å². The Hall–Kier alpha value is -2.82. The Morgan fingerprint density at radius 2 is 1.63 bits per heavy atom. The molecule has 5 heteroatoms. The number of esters is 1. The molecule has 144 valence electrons. The summed E-state index contributed by atoms with van der Waals surface area (Å²) in [5.41, 5.74) is 2.15. The number of ether oxygens (including phenoxy) is 2. The number of hydrogen-bond acceptors (Lipinski definition) is 4. The minimum absolute atomic E-state index is 0.278. The van der Waals surface area contributed by atoms with Gasteiger partial charge < -0.3 is 14.8 Å². The summed E-state index contributed by atoms with van der Waals surface area (Å²) >= 11 is 0. The van der Waals surface area contributed by atoms with E-state index in [1.807, 2.05) is 24.3 Å². The van der Waals surface area contributed by atoms with Crippen LogP contribution in [0.5, 0.6) is 5.75 Å². The lowest BCUT2D eigenvalue weighted by Crippen LogP contribution is -2.21. The molecular weight excluding hydrogens is 342 g/mol. The van der Waals surface area contributed by atoms with Gasteiger partial charge in [0.15, 0.2) is 6.61 Å². The molecule has 0 radical (unpaired) electrons. The van der Waals surface area contributed by atoms with Crippen molar-refractivity contribution in [3.63, 3.8) is 0 Å². The molecule has 5 nitrogen and oxygen atoms in total. The van der Waals surface area contributed by atoms with Crippen molar-refractivity contribution < 1.29 is 19.1 Å². The Morgan fingerprint density at radius 3 is 2.26 bits per heavy atom. The van der Waals surface area contributed by atoms with Crippen LogP contribution in [0, 0.1) is 5.92 Å². The molecule has 0 bridgehead atoms. The standard InChI is InChI=1S/C22H27NO4/c1-15(2)13-26-18-11-9-17(10-12-18)22(25)27-14-21(24)23-20-8-6-5-7-19(20)16(3)4/h5-12,15-16H,13-14H2,1-4H3,(H,23,24). The Labute approximate surface area is 160 Å². The first kappa shape index (κ1) is 20.5. The summed E-state index contributed by atoms with van der Waals surface area (Å²) in [6, 6.07) is 14.3. The summed E-state index contributed by atoms with van der Waals surface area (Å²) in [4.78, 5) is 24.2. The highest BCUT2D eigenvalue weighted by Crippen LogP contribution is 2.23. The Kier molecular flexibility index (Phi) is 7.41. The van der Waals surface area contributed by atoms with Crippen LogP contribution in [-0.2, 0) is 9.53 Å². The highest BCUT2D eigenvalue weighted by Gasteiger charge is 2.13. The fourth-order valence-corrected chi connectivity index (χ4v) is 2.47. The van der Waals surface area contributed by atoms with Crippen LogP contribution in [0.3, 0.4) is 0 Å². The maximum atomic E-state index is 12.1. The second-order valence-electron chi connectivity index (χ2n) is 7.10. The first-order valence-corrected chi connectivity index (χ1v) is 9.15. The van der Waals surface area contributed by atoms with Crippen molar-refractivity contribution in [3.8, 4) is 5.75 Å². The number of amides is 1. The van der Waals surface area contributed by atoms with Gasteiger partial charge in [-0.2, -0.15) is 0 Å². The van der Waals surface area contributed by atoms with Crippen molar-refractivity contribution in [3.05, 3.63) is 59.7 Å². The Bertz CT molecular complexity index is 766. The minimum Gasteiger partial charge on any atom is -0.493 e. The van der Waals surface area contributed by atoms with E-state index in [4.69, 9.17) is 9.47 Å². The van der Waals surface area contributed by atoms with Gasteiger partial charge in [-0.15, -0.1) is 0 Å². The van der Waals surface area contributed by atoms with Crippen LogP contribution in [-0.4, -0.2) is 25.1 Å². The van der Waals surface area contributed by atoms with E-state index in [9.17, 15) is 9.59 Å². The van der Waals surface area contributed by atoms with Crippen LogP contribution < -0.4 is 10.1 Å². The van der Waals surface area contributed by atoms with E-state index in [2.05, 4.69) is 33.0 Å². The number of carbonyl (C=O) groups excluding carboxylic acids is 2. The van der Waals surface area contributed by atoms with E-state index < -0.39 is 5.97 Å². The van der Waals surface area contributed by atoms with Crippen molar-refractivity contribution in [2.45, 2.75) is 33.6 Å². The summed E-state index contributed by atoms with van der Waals surface area (Å²) in [7, 11) is 0. The molecule has 1 amide bonds. The van der Waals surface area contributed by atoms with Crippen molar-refractivity contribution >= 4 is 17.6 Å². The average molecular weight is 369 g/mol. The van der Waals surface area contributed by atoms with Crippen LogP contribution >= 0.6 is 0 Å². The summed E-state index contributed by atoms with van der Waals surface area (Å²) in [6.45, 7) is 8.52. The van der Waals surface area contributed by atoms with E-state index in [0.717, 1.165) is 11.3 Å². The van der Waals surface area contributed by atoms with E-state index in [0.29, 0.717) is 23.8 Å². The third-order valence-electron chi connectivity index (χ3n) is 3.86. The predicted octanol–water partition coefficient (Wildman–Crippen LogP) is 4.64. The first-order valence-electron chi connectivity index (χ1n) is 9.15. The lowest BCUT2D eigenvalue weighted by Gasteiger charge is -2.13. The van der Waals surface area contributed by atoms with Gasteiger partial charge in [0.1, 0.15) is 5.75 Å². The highest BCUT2D eigenvalue weighted by atomic mass is 16.5. The quantitative estimate of drug-likeness (QED) is 0.689. The SMILES string of the molecule is CC(C)COc1ccc(C(=O)OCC(=O)Nc2ccccc2C(C)C)cc1. The summed E-state index contributed by atoms with van der Waals surface area (Å²) in [5, 5.41) is 2.80. The van der Waals surface area contributed by atoms with E-state index in [1.165, 1.54) is 0 Å². The van der Waals surface area contributed by atoms with Gasteiger partial charge in [0.25, 0.3) is 5.91 Å². The molecule has 0 aliphatic rings. The average Bonchev–Trinajstić information content (AvgIpc) is 2.65. The minimum atomic E-state index is -0.544. The molecular formula is C22H27NO4. The van der Waals surface area contributed by atoms with E-state index in [1.54, 1.807) is 24.3 Å². The predicted molar refractivity (Wildman–Crippen MR) is 106 cm³/mol. The molecule has 27 heavy (non-hydrogen) atoms. The normalized spacial score (nSPS) is 10.7. The van der Waals surface area contributed by atoms with E-state index in [-0.39, 0.29) is 18.4 Å². The number of carbonyl (C=O) groups is 2. The molecule has 0 fully saturated rings. The zero-order chi connectivity index (χ0) is 19.8. The smallest absolute Gasteiger partial charge is 0.338 e. The number of benzene rings is 2. The highest BCUT2D eigenvalue weighted by molar-refractivity contribution is 5.96. The summed E-state index contributed by atoms with van der Waals surface area (Å²) in [6.07, 6.45) is 0. The van der Waals surface area contributed by atoms with Gasteiger partial charge in [0.05, 0.1) is 12.2 Å². The van der Waals surface area contributed by atoms with Gasteiger partial charge in [-0.05, 0) is 47.7 Å². The van der Waals surface area contributed by atoms with Gasteiger partial charge in [0, 0.05) is 5.69 Å². The molecule has 0 atom stereocenters. The lowest BCUT2D eigenvalue weighted by molar-refractivity contribution is -0.119. The first-order chi connectivity index (χ1) is 12.9. The number of para-hydroxylation sites is 1. The fourth-order valence-electron chi connectivity index (χ4n) is 2.47. The molecule has 0 saturated heterocycles. The molecule has 1 N–H and O–H groups in total. The van der Waals surface area contributed by atoms with Crippen LogP contribution in [0.2, 0.25) is 0 Å². The molecule has 2 aromatic carbocycles. The Morgan fingerprint density at radius 1 is 0.963 bits per heavy atom. The molecule has 0 saturated carbocycles. The number of hydrogen-bond donors (Lipinski definition) is 1. The largest absolute Gasteiger partial charge is 0.493 e. The lowest BCUT2D eigenvalue weighted by atomic mass is 10.0. The van der Waals surface area contributed by atoms with E-state index >= 15 is 0 Å². The van der Waals surface area contributed by atoms with Gasteiger partial charge >= 0.3 is 5.97 Å². The second-order valence-corrected chi connectivity index (χ2v) is 7.10. The zero-order valence-corrected chi connectivity index (χ0v) is 16.3. The van der Waals surface area contributed by atoms with Crippen molar-refractivity contribution in [2.75, 3.05) is 18.5 Å². The van der Waals surface area contributed by atoms with Gasteiger partial charge in [-0.25, -0.2) is 4.79 Å². The van der Waals surface area contributed by atoms with Crippen molar-refractivity contribution in [1.29, 1.82) is 0 Å². The molecule has 0 aromatic heterocycles. The topological polar surface area (TPSA) is 64.6 Å². The molecule has 0 heterocycles. The van der Waals surface area contributed by atoms with Gasteiger partial charge in [-0.3, -0.25) is 4.79 Å². The number of anilines is 1. The molecule has 0 aliphatic carbocycles. The van der Waals surface area contributed by atoms with Crippen LogP contribution in [0.1, 0.15) is 49.5 Å². The van der Waals surface area contributed by atoms with Gasteiger partial charge in [-0.1, -0.05) is 45.9 Å². The maximum Gasteiger partial charge on any atom is 0.338 e. The zero-order valence-electron chi connectivity index (χ0n) is 16.3. The van der Waals surface area contributed by atoms with Crippen molar-refractivity contribution in [2.24, 2.45) is 5.92 Å². The number of rotatable bonds is 8. The van der Waals surface area contributed by atoms with Crippen LogP contribution in [0.15, 0.2) is 48.5 Å².